The summed E-state index contributed by atoms with van der Waals surface area (Å²) >= 11 is 0. The number of anilines is 1. The fourth-order valence-electron chi connectivity index (χ4n) is 2.62. The lowest BCUT2D eigenvalue weighted by Crippen LogP contribution is -2.42. The number of nitrogens with zero attached hydrogens (tertiary/aromatic N) is 2. The van der Waals surface area contributed by atoms with Crippen LogP contribution in [0.1, 0.15) is 19.3 Å². The number of nitrogens with two attached hydrogens (primary N) is 1. The molecular weight excluding hydrogens is 272 g/mol. The van der Waals surface area contributed by atoms with Crippen LogP contribution in [0.15, 0.2) is 24.3 Å². The van der Waals surface area contributed by atoms with Crippen LogP contribution in [0.4, 0.5) is 16.2 Å². The Bertz CT molecular complexity index is 519. The first kappa shape index (κ1) is 15.2. The van der Waals surface area contributed by atoms with Gasteiger partial charge in [0.25, 0.3) is 5.69 Å². The van der Waals surface area contributed by atoms with Crippen molar-refractivity contribution in [3.63, 3.8) is 0 Å². The van der Waals surface area contributed by atoms with Crippen LogP contribution in [0.25, 0.3) is 0 Å². The standard InChI is InChI=1S/C14H20N4O3/c15-7-6-11-3-2-8-17(10-11)14(19)16-12-4-1-5-13(9-12)18(20)21/h1,4-5,9,11H,2-3,6-8,10,15H2,(H,16,19). The van der Waals surface area contributed by atoms with E-state index in [0.29, 0.717) is 31.2 Å². The first-order chi connectivity index (χ1) is 10.1. The maximum atomic E-state index is 12.2. The third-order valence-corrected chi connectivity index (χ3v) is 3.69. The smallest absolute Gasteiger partial charge is 0.321 e. The van der Waals surface area contributed by atoms with E-state index in [1.807, 2.05) is 0 Å². The van der Waals surface area contributed by atoms with E-state index in [9.17, 15) is 14.9 Å². The summed E-state index contributed by atoms with van der Waals surface area (Å²) in [4.78, 5) is 24.2. The fraction of sp³-hybridized carbons (Fsp3) is 0.500. The molecule has 0 aromatic heterocycles. The predicted octanol–water partition coefficient (Wildman–Crippen LogP) is 2.19. The number of benzene rings is 1. The molecule has 0 saturated carbocycles. The lowest BCUT2D eigenvalue weighted by Gasteiger charge is -2.32. The molecule has 1 heterocycles. The Labute approximate surface area is 123 Å². The molecule has 3 N–H and O–H groups in total. The molecule has 1 unspecified atom stereocenters. The number of urea groups is 1. The Hall–Kier alpha value is -2.15. The molecule has 1 fully saturated rings. The van der Waals surface area contributed by atoms with Gasteiger partial charge in [-0.15, -0.1) is 0 Å². The largest absolute Gasteiger partial charge is 0.330 e. The first-order valence-electron chi connectivity index (χ1n) is 7.10. The van der Waals surface area contributed by atoms with Crippen molar-refractivity contribution < 1.29 is 9.72 Å². The summed E-state index contributed by atoms with van der Waals surface area (Å²) in [5.41, 5.74) is 5.97. The number of nitro groups is 1. The molecule has 114 valence electrons. The van der Waals surface area contributed by atoms with E-state index < -0.39 is 4.92 Å². The summed E-state index contributed by atoms with van der Waals surface area (Å²) in [5, 5.41) is 13.4. The highest BCUT2D eigenvalue weighted by atomic mass is 16.6. The zero-order valence-corrected chi connectivity index (χ0v) is 11.8. The third-order valence-electron chi connectivity index (χ3n) is 3.69. The molecule has 7 nitrogen and oxygen atoms in total. The van der Waals surface area contributed by atoms with Gasteiger partial charge in [0.1, 0.15) is 0 Å². The van der Waals surface area contributed by atoms with Gasteiger partial charge in [-0.2, -0.15) is 0 Å². The van der Waals surface area contributed by atoms with Crippen LogP contribution in [0.3, 0.4) is 0 Å². The number of nitrogens with one attached hydrogen (secondary N) is 1. The van der Waals surface area contributed by atoms with E-state index in [-0.39, 0.29) is 11.7 Å². The van der Waals surface area contributed by atoms with Crippen LogP contribution in [0.5, 0.6) is 0 Å². The van der Waals surface area contributed by atoms with E-state index in [1.165, 1.54) is 12.1 Å². The minimum atomic E-state index is -0.478. The van der Waals surface area contributed by atoms with Gasteiger partial charge in [-0.1, -0.05) is 6.07 Å². The van der Waals surface area contributed by atoms with Gasteiger partial charge in [-0.05, 0) is 37.8 Å². The van der Waals surface area contributed by atoms with Crippen molar-refractivity contribution in [3.8, 4) is 0 Å². The van der Waals surface area contributed by atoms with E-state index in [2.05, 4.69) is 5.32 Å². The van der Waals surface area contributed by atoms with Crippen molar-refractivity contribution in [3.05, 3.63) is 34.4 Å². The second-order valence-electron chi connectivity index (χ2n) is 5.27. The van der Waals surface area contributed by atoms with Crippen molar-refractivity contribution in [1.29, 1.82) is 0 Å². The molecule has 0 bridgehead atoms. The summed E-state index contributed by atoms with van der Waals surface area (Å²) < 4.78 is 0. The maximum absolute atomic E-state index is 12.2. The highest BCUT2D eigenvalue weighted by molar-refractivity contribution is 5.89. The topological polar surface area (TPSA) is 102 Å². The van der Waals surface area contributed by atoms with Gasteiger partial charge in [0, 0.05) is 30.9 Å². The van der Waals surface area contributed by atoms with Crippen molar-refractivity contribution >= 4 is 17.4 Å². The second-order valence-corrected chi connectivity index (χ2v) is 5.27. The molecular formula is C14H20N4O3. The summed E-state index contributed by atoms with van der Waals surface area (Å²) in [6.07, 6.45) is 2.98. The van der Waals surface area contributed by atoms with Crippen molar-refractivity contribution in [2.45, 2.75) is 19.3 Å². The lowest BCUT2D eigenvalue weighted by molar-refractivity contribution is -0.384. The minimum absolute atomic E-state index is 0.0348. The molecule has 2 amide bonds. The minimum Gasteiger partial charge on any atom is -0.330 e. The Morgan fingerprint density at radius 1 is 1.52 bits per heavy atom. The van der Waals surface area contributed by atoms with E-state index in [1.54, 1.807) is 17.0 Å². The molecule has 0 radical (unpaired) electrons. The second kappa shape index (κ2) is 7.03. The van der Waals surface area contributed by atoms with Gasteiger partial charge in [0.05, 0.1) is 4.92 Å². The Morgan fingerprint density at radius 3 is 3.05 bits per heavy atom. The molecule has 1 aliphatic rings. The molecule has 1 atom stereocenters. The van der Waals surface area contributed by atoms with Crippen LogP contribution in [0, 0.1) is 16.0 Å². The molecule has 21 heavy (non-hydrogen) atoms. The molecule has 0 spiro atoms. The molecule has 1 aliphatic heterocycles. The van der Waals surface area contributed by atoms with Crippen LogP contribution < -0.4 is 11.1 Å². The normalized spacial score (nSPS) is 18.3. The number of non-ortho nitro benzene ring substituents is 1. The number of carbonyl (C=O) groups excluding carboxylic acids is 1. The number of likely N-dealkylation sites (tertiary alicyclic amines) is 1. The number of amides is 2. The highest BCUT2D eigenvalue weighted by Crippen LogP contribution is 2.21. The van der Waals surface area contributed by atoms with Gasteiger partial charge in [0.15, 0.2) is 0 Å². The third kappa shape index (κ3) is 4.16. The van der Waals surface area contributed by atoms with Gasteiger partial charge in [-0.25, -0.2) is 4.79 Å². The monoisotopic (exact) mass is 292 g/mol. The Kier molecular flexibility index (Phi) is 5.10. The average Bonchev–Trinajstić information content (AvgIpc) is 2.48. The van der Waals surface area contributed by atoms with Crippen molar-refractivity contribution in [2.75, 3.05) is 25.0 Å². The number of piperidine rings is 1. The fourth-order valence-corrected chi connectivity index (χ4v) is 2.62. The molecule has 7 heteroatoms. The number of rotatable bonds is 4. The summed E-state index contributed by atoms with van der Waals surface area (Å²) in [6, 6.07) is 5.75. The van der Waals surface area contributed by atoms with E-state index in [0.717, 1.165) is 19.3 Å². The number of carbonyl (C=O) groups is 1. The Morgan fingerprint density at radius 2 is 2.33 bits per heavy atom. The predicted molar refractivity (Wildman–Crippen MR) is 80.1 cm³/mol. The SMILES string of the molecule is NCCC1CCCN(C(=O)Nc2cccc([N+](=O)[O-])c2)C1. The maximum Gasteiger partial charge on any atom is 0.321 e. The van der Waals surface area contributed by atoms with Gasteiger partial charge >= 0.3 is 6.03 Å². The van der Waals surface area contributed by atoms with Gasteiger partial charge in [0.2, 0.25) is 0 Å². The zero-order chi connectivity index (χ0) is 15.2. The molecule has 1 aromatic carbocycles. The number of hydrogen-bond acceptors (Lipinski definition) is 4. The Balaban J connectivity index is 1.97. The molecule has 2 rings (SSSR count). The van der Waals surface area contributed by atoms with Crippen LogP contribution in [-0.4, -0.2) is 35.5 Å². The van der Waals surface area contributed by atoms with E-state index in [4.69, 9.17) is 5.73 Å². The van der Waals surface area contributed by atoms with Gasteiger partial charge < -0.3 is 16.0 Å². The summed E-state index contributed by atoms with van der Waals surface area (Å²) in [5.74, 6) is 0.444. The van der Waals surface area contributed by atoms with Crippen molar-refractivity contribution in [2.24, 2.45) is 11.7 Å². The number of nitro benzene ring substituents is 1. The average molecular weight is 292 g/mol. The van der Waals surface area contributed by atoms with Crippen LogP contribution >= 0.6 is 0 Å². The molecule has 0 aliphatic carbocycles. The zero-order valence-electron chi connectivity index (χ0n) is 11.8. The van der Waals surface area contributed by atoms with E-state index >= 15 is 0 Å². The summed E-state index contributed by atoms with van der Waals surface area (Å²) in [7, 11) is 0. The molecule has 1 aromatic rings. The van der Waals surface area contributed by atoms with Gasteiger partial charge in [-0.3, -0.25) is 10.1 Å². The quantitative estimate of drug-likeness (QED) is 0.656. The number of hydrogen-bond donors (Lipinski definition) is 2. The van der Waals surface area contributed by atoms with Crippen molar-refractivity contribution in [1.82, 2.24) is 4.90 Å². The summed E-state index contributed by atoms with van der Waals surface area (Å²) in [6.45, 7) is 2.03. The van der Waals surface area contributed by atoms with Crippen LogP contribution in [-0.2, 0) is 0 Å². The first-order valence-corrected chi connectivity index (χ1v) is 7.10. The lowest BCUT2D eigenvalue weighted by atomic mass is 9.95. The highest BCUT2D eigenvalue weighted by Gasteiger charge is 2.23. The van der Waals surface area contributed by atoms with Crippen LogP contribution in [0.2, 0.25) is 0 Å². The molecule has 1 saturated heterocycles.